The second kappa shape index (κ2) is 8.29. The summed E-state index contributed by atoms with van der Waals surface area (Å²) in [6, 6.07) is 10.1. The van der Waals surface area contributed by atoms with E-state index in [-0.39, 0.29) is 11.8 Å². The molecule has 1 aliphatic heterocycles. The van der Waals surface area contributed by atoms with Gasteiger partial charge in [0.2, 0.25) is 11.8 Å². The molecule has 9 nitrogen and oxygen atoms in total. The van der Waals surface area contributed by atoms with Crippen molar-refractivity contribution in [2.45, 2.75) is 6.54 Å². The number of hydrogen-bond donors (Lipinski definition) is 2. The minimum absolute atomic E-state index is 0.344. The van der Waals surface area contributed by atoms with E-state index >= 15 is 0 Å². The van der Waals surface area contributed by atoms with E-state index in [4.69, 9.17) is 16.4 Å². The molecule has 3 heterocycles. The lowest BCUT2D eigenvalue weighted by Gasteiger charge is -2.33. The summed E-state index contributed by atoms with van der Waals surface area (Å²) in [6.07, 6.45) is 1.35. The molecule has 1 amide bonds. The fourth-order valence-electron chi connectivity index (χ4n) is 3.49. The molecule has 4 rings (SSSR count). The van der Waals surface area contributed by atoms with Gasteiger partial charge in [-0.05, 0) is 6.07 Å². The molecular weight excluding hydrogens is 410 g/mol. The molecule has 0 bridgehead atoms. The number of carbonyl (C=O) groups excluding carboxylic acids is 1. The monoisotopic (exact) mass is 431 g/mol. The Balaban J connectivity index is 1.39. The largest absolute Gasteiger partial charge is 0.492 e. The highest BCUT2D eigenvalue weighted by atomic mass is 35.5. The van der Waals surface area contributed by atoms with E-state index in [9.17, 15) is 15.0 Å². The van der Waals surface area contributed by atoms with Gasteiger partial charge in [0.15, 0.2) is 0 Å². The highest BCUT2D eigenvalue weighted by Gasteiger charge is 2.25. The Labute approximate surface area is 178 Å². The van der Waals surface area contributed by atoms with Crippen molar-refractivity contribution in [1.29, 1.82) is 0 Å². The van der Waals surface area contributed by atoms with Crippen molar-refractivity contribution in [2.24, 2.45) is 7.05 Å². The van der Waals surface area contributed by atoms with Gasteiger partial charge >= 0.3 is 6.09 Å². The Morgan fingerprint density at radius 1 is 1.10 bits per heavy atom. The van der Waals surface area contributed by atoms with Crippen LogP contribution in [0, 0.1) is 0 Å². The third-order valence-corrected chi connectivity index (χ3v) is 5.35. The fraction of sp³-hybridized carbons (Fsp3) is 0.300. The third kappa shape index (κ3) is 4.07. The van der Waals surface area contributed by atoms with Crippen LogP contribution in [0.5, 0.6) is 11.8 Å². The van der Waals surface area contributed by atoms with Gasteiger partial charge in [-0.3, -0.25) is 9.58 Å². The molecule has 1 aliphatic rings. The maximum absolute atomic E-state index is 12.3. The molecule has 1 fully saturated rings. The zero-order valence-corrected chi connectivity index (χ0v) is 17.2. The van der Waals surface area contributed by atoms with Crippen molar-refractivity contribution in [3.05, 3.63) is 53.2 Å². The standard InChI is InChI=1S/C20H22ClN5O4/c1-23-12-14(19(22-23)15-4-2-3-5-16(15)21)13-24-8-10-25(11-9-24)20(29)30-26-17(27)6-7-18(26)28/h2-7,12,27-28H,8-11,13H2,1H3. The number of nitrogens with zero attached hydrogens (tertiary/aromatic N) is 5. The van der Waals surface area contributed by atoms with Crippen LogP contribution in [0.15, 0.2) is 42.6 Å². The highest BCUT2D eigenvalue weighted by molar-refractivity contribution is 6.33. The van der Waals surface area contributed by atoms with E-state index in [1.54, 1.807) is 4.68 Å². The Hall–Kier alpha value is -3.17. The van der Waals surface area contributed by atoms with Crippen molar-refractivity contribution in [3.63, 3.8) is 0 Å². The zero-order chi connectivity index (χ0) is 21.3. The first-order chi connectivity index (χ1) is 14.4. The van der Waals surface area contributed by atoms with Gasteiger partial charge in [-0.15, -0.1) is 4.73 Å². The van der Waals surface area contributed by atoms with Gasteiger partial charge in [0.1, 0.15) is 0 Å². The van der Waals surface area contributed by atoms with Crippen LogP contribution < -0.4 is 4.84 Å². The molecule has 2 aromatic heterocycles. The second-order valence-electron chi connectivity index (χ2n) is 7.12. The summed E-state index contributed by atoms with van der Waals surface area (Å²) in [6.45, 7) is 2.90. The van der Waals surface area contributed by atoms with E-state index in [1.807, 2.05) is 37.5 Å². The van der Waals surface area contributed by atoms with E-state index in [1.165, 1.54) is 17.0 Å². The lowest BCUT2D eigenvalue weighted by molar-refractivity contribution is 0.0556. The van der Waals surface area contributed by atoms with Gasteiger partial charge < -0.3 is 20.0 Å². The van der Waals surface area contributed by atoms with Crippen molar-refractivity contribution in [3.8, 4) is 23.0 Å². The molecule has 10 heteroatoms. The summed E-state index contributed by atoms with van der Waals surface area (Å²) in [7, 11) is 1.88. The van der Waals surface area contributed by atoms with E-state index in [2.05, 4.69) is 10.00 Å². The van der Waals surface area contributed by atoms with Gasteiger partial charge in [0.25, 0.3) is 0 Å². The Bertz CT molecular complexity index is 1040. The molecule has 3 aromatic rings. The average molecular weight is 432 g/mol. The maximum atomic E-state index is 12.3. The predicted octanol–water partition coefficient (Wildman–Crippen LogP) is 2.32. The molecule has 158 valence electrons. The lowest BCUT2D eigenvalue weighted by atomic mass is 10.1. The highest BCUT2D eigenvalue weighted by Crippen LogP contribution is 2.29. The summed E-state index contributed by atoms with van der Waals surface area (Å²) < 4.78 is 2.47. The molecule has 30 heavy (non-hydrogen) atoms. The van der Waals surface area contributed by atoms with Crippen LogP contribution in [0.1, 0.15) is 5.56 Å². The van der Waals surface area contributed by atoms with E-state index < -0.39 is 6.09 Å². The van der Waals surface area contributed by atoms with Crippen LogP contribution in [0.2, 0.25) is 5.02 Å². The molecule has 0 saturated carbocycles. The number of piperazine rings is 1. The molecule has 1 aromatic carbocycles. The summed E-state index contributed by atoms with van der Waals surface area (Å²) in [5.41, 5.74) is 2.80. The summed E-state index contributed by atoms with van der Waals surface area (Å²) >= 11 is 6.36. The van der Waals surface area contributed by atoms with Crippen molar-refractivity contribution < 1.29 is 19.8 Å². The van der Waals surface area contributed by atoms with Crippen LogP contribution in [0.4, 0.5) is 4.79 Å². The molecule has 0 radical (unpaired) electrons. The minimum Gasteiger partial charge on any atom is -0.492 e. The number of aryl methyl sites for hydroxylation is 1. The number of rotatable bonds is 4. The summed E-state index contributed by atoms with van der Waals surface area (Å²) in [5, 5.41) is 24.4. The molecule has 0 unspecified atom stereocenters. The minimum atomic E-state index is -0.630. The average Bonchev–Trinajstić information content (AvgIpc) is 3.25. The van der Waals surface area contributed by atoms with Crippen LogP contribution in [-0.2, 0) is 13.6 Å². The number of carbonyl (C=O) groups is 1. The smallest absolute Gasteiger partial charge is 0.434 e. The molecule has 2 N–H and O–H groups in total. The molecular formula is C20H22ClN5O4. The maximum Gasteiger partial charge on any atom is 0.434 e. The van der Waals surface area contributed by atoms with Gasteiger partial charge in [0, 0.05) is 69.2 Å². The van der Waals surface area contributed by atoms with Crippen molar-refractivity contribution >= 4 is 17.7 Å². The quantitative estimate of drug-likeness (QED) is 0.658. The first-order valence-corrected chi connectivity index (χ1v) is 9.87. The van der Waals surface area contributed by atoms with E-state index in [0.29, 0.717) is 42.5 Å². The van der Waals surface area contributed by atoms with Crippen LogP contribution in [-0.4, -0.2) is 66.8 Å². The number of aromatic nitrogens is 3. The molecule has 0 aliphatic carbocycles. The van der Waals surface area contributed by atoms with Gasteiger partial charge in [-0.2, -0.15) is 5.10 Å². The van der Waals surface area contributed by atoms with Crippen LogP contribution in [0.3, 0.4) is 0 Å². The summed E-state index contributed by atoms with van der Waals surface area (Å²) in [5.74, 6) is -0.689. The number of benzene rings is 1. The predicted molar refractivity (Wildman–Crippen MR) is 110 cm³/mol. The Kier molecular flexibility index (Phi) is 5.56. The Morgan fingerprint density at radius 2 is 1.77 bits per heavy atom. The number of aromatic hydroxyl groups is 2. The SMILES string of the molecule is Cn1cc(CN2CCN(C(=O)On3c(O)ccc3O)CC2)c(-c2ccccc2Cl)n1. The topological polar surface area (TPSA) is 96.0 Å². The van der Waals surface area contributed by atoms with E-state index in [0.717, 1.165) is 16.8 Å². The first-order valence-electron chi connectivity index (χ1n) is 9.49. The third-order valence-electron chi connectivity index (χ3n) is 5.03. The van der Waals surface area contributed by atoms with Gasteiger partial charge in [0.05, 0.1) is 10.7 Å². The van der Waals surface area contributed by atoms with Crippen LogP contribution in [0.25, 0.3) is 11.3 Å². The number of halogens is 1. The number of amides is 1. The zero-order valence-electron chi connectivity index (χ0n) is 16.4. The van der Waals surface area contributed by atoms with Crippen LogP contribution >= 0.6 is 11.6 Å². The fourth-order valence-corrected chi connectivity index (χ4v) is 3.72. The van der Waals surface area contributed by atoms with Gasteiger partial charge in [-0.1, -0.05) is 29.8 Å². The Morgan fingerprint density at radius 3 is 2.43 bits per heavy atom. The normalized spacial score (nSPS) is 14.8. The first kappa shape index (κ1) is 20.1. The second-order valence-corrected chi connectivity index (χ2v) is 7.53. The molecule has 0 atom stereocenters. The lowest BCUT2D eigenvalue weighted by Crippen LogP contribution is -2.50. The number of hydrogen-bond acceptors (Lipinski definition) is 6. The molecule has 1 saturated heterocycles. The molecule has 0 spiro atoms. The van der Waals surface area contributed by atoms with Crippen molar-refractivity contribution in [2.75, 3.05) is 26.2 Å². The van der Waals surface area contributed by atoms with Crippen molar-refractivity contribution in [1.82, 2.24) is 24.3 Å². The van der Waals surface area contributed by atoms with Gasteiger partial charge in [-0.25, -0.2) is 4.79 Å². The summed E-state index contributed by atoms with van der Waals surface area (Å²) in [4.78, 5) is 21.2.